The summed E-state index contributed by atoms with van der Waals surface area (Å²) in [6, 6.07) is 9.67. The van der Waals surface area contributed by atoms with Crippen LogP contribution in [0.25, 0.3) is 10.2 Å². The maximum atomic E-state index is 13.4. The molecule has 0 aliphatic carbocycles. The SMILES string of the molecule is CCN(CC)Cc1nc2sc(C)c(C)c2c(=O)n1CC(=O)NC(C)c1ccccc1. The smallest absolute Gasteiger partial charge is 0.263 e. The molecule has 160 valence electrons. The van der Waals surface area contributed by atoms with Gasteiger partial charge in [-0.25, -0.2) is 4.98 Å². The normalized spacial score (nSPS) is 12.5. The first-order valence-corrected chi connectivity index (χ1v) is 11.2. The number of thiophene rings is 1. The summed E-state index contributed by atoms with van der Waals surface area (Å²) in [5, 5.41) is 3.64. The number of hydrogen-bond donors (Lipinski definition) is 1. The van der Waals surface area contributed by atoms with Gasteiger partial charge in [-0.1, -0.05) is 44.2 Å². The van der Waals surface area contributed by atoms with Gasteiger partial charge in [-0.2, -0.15) is 0 Å². The van der Waals surface area contributed by atoms with E-state index in [1.165, 1.54) is 0 Å². The maximum absolute atomic E-state index is 13.4. The lowest BCUT2D eigenvalue weighted by Gasteiger charge is -2.21. The van der Waals surface area contributed by atoms with Crippen molar-refractivity contribution < 1.29 is 4.79 Å². The molecule has 0 bridgehead atoms. The summed E-state index contributed by atoms with van der Waals surface area (Å²) >= 11 is 1.54. The number of benzene rings is 1. The molecule has 7 heteroatoms. The number of amides is 1. The first-order valence-electron chi connectivity index (χ1n) is 10.4. The zero-order chi connectivity index (χ0) is 21.8. The number of nitrogens with zero attached hydrogens (tertiary/aromatic N) is 3. The first-order chi connectivity index (χ1) is 14.3. The summed E-state index contributed by atoms with van der Waals surface area (Å²) in [4.78, 5) is 35.0. The third-order valence-corrected chi connectivity index (χ3v) is 6.71. The Labute approximate surface area is 181 Å². The van der Waals surface area contributed by atoms with Crippen LogP contribution in [0.3, 0.4) is 0 Å². The maximum Gasteiger partial charge on any atom is 0.263 e. The molecule has 0 aliphatic heterocycles. The van der Waals surface area contributed by atoms with E-state index in [0.29, 0.717) is 17.8 Å². The van der Waals surface area contributed by atoms with Crippen molar-refractivity contribution in [3.8, 4) is 0 Å². The van der Waals surface area contributed by atoms with E-state index in [1.54, 1.807) is 15.9 Å². The number of aryl methyl sites for hydroxylation is 2. The molecule has 3 rings (SSSR count). The van der Waals surface area contributed by atoms with Crippen molar-refractivity contribution in [2.75, 3.05) is 13.1 Å². The molecule has 1 N–H and O–H groups in total. The highest BCUT2D eigenvalue weighted by molar-refractivity contribution is 7.18. The second-order valence-electron chi connectivity index (χ2n) is 7.54. The molecular weight excluding hydrogens is 396 g/mol. The van der Waals surface area contributed by atoms with Gasteiger partial charge in [-0.3, -0.25) is 19.1 Å². The standard InChI is InChI=1S/C23H30N4O2S/c1-6-26(7-2)13-19-25-22-21(15(3)17(5)30-22)23(29)27(19)14-20(28)24-16(4)18-11-9-8-10-12-18/h8-12,16H,6-7,13-14H2,1-5H3,(H,24,28). The van der Waals surface area contributed by atoms with E-state index >= 15 is 0 Å². The molecule has 2 heterocycles. The van der Waals surface area contributed by atoms with Gasteiger partial charge >= 0.3 is 0 Å². The lowest BCUT2D eigenvalue weighted by Crippen LogP contribution is -2.37. The minimum Gasteiger partial charge on any atom is -0.348 e. The van der Waals surface area contributed by atoms with E-state index in [2.05, 4.69) is 24.1 Å². The van der Waals surface area contributed by atoms with Crippen LogP contribution < -0.4 is 10.9 Å². The third-order valence-electron chi connectivity index (χ3n) is 5.61. The Balaban J connectivity index is 1.95. The van der Waals surface area contributed by atoms with E-state index in [-0.39, 0.29) is 24.1 Å². The van der Waals surface area contributed by atoms with Gasteiger partial charge in [0.15, 0.2) is 0 Å². The Morgan fingerprint density at radius 3 is 2.50 bits per heavy atom. The average molecular weight is 427 g/mol. The Kier molecular flexibility index (Phi) is 7.05. The highest BCUT2D eigenvalue weighted by Crippen LogP contribution is 2.26. The number of aromatic nitrogens is 2. The molecule has 0 saturated heterocycles. The van der Waals surface area contributed by atoms with Gasteiger partial charge in [0.25, 0.3) is 5.56 Å². The second-order valence-corrected chi connectivity index (χ2v) is 8.75. The predicted molar refractivity (Wildman–Crippen MR) is 123 cm³/mol. The minimum absolute atomic E-state index is 0.0378. The quantitative estimate of drug-likeness (QED) is 0.595. The van der Waals surface area contributed by atoms with Crippen molar-refractivity contribution in [1.82, 2.24) is 19.8 Å². The molecule has 0 aliphatic rings. The summed E-state index contributed by atoms with van der Waals surface area (Å²) in [6.07, 6.45) is 0. The highest BCUT2D eigenvalue weighted by atomic mass is 32.1. The number of hydrogen-bond acceptors (Lipinski definition) is 5. The fourth-order valence-corrected chi connectivity index (χ4v) is 4.59. The predicted octanol–water partition coefficient (Wildman–Crippen LogP) is 3.79. The number of nitrogens with one attached hydrogen (secondary N) is 1. The van der Waals surface area contributed by atoms with Crippen molar-refractivity contribution in [2.45, 2.75) is 53.8 Å². The molecule has 1 aromatic carbocycles. The van der Waals surface area contributed by atoms with Gasteiger partial charge in [0.05, 0.1) is 18.0 Å². The lowest BCUT2D eigenvalue weighted by atomic mass is 10.1. The molecule has 1 atom stereocenters. The van der Waals surface area contributed by atoms with Crippen molar-refractivity contribution >= 4 is 27.5 Å². The molecule has 1 unspecified atom stereocenters. The molecular formula is C23H30N4O2S. The molecule has 0 radical (unpaired) electrons. The minimum atomic E-state index is -0.194. The van der Waals surface area contributed by atoms with Gasteiger partial charge in [0.2, 0.25) is 5.91 Å². The second kappa shape index (κ2) is 9.53. The molecule has 3 aromatic rings. The Hall–Kier alpha value is -2.51. The van der Waals surface area contributed by atoms with Gasteiger partial charge in [0.1, 0.15) is 17.2 Å². The molecule has 0 spiro atoms. The van der Waals surface area contributed by atoms with Crippen LogP contribution in [0.4, 0.5) is 0 Å². The van der Waals surface area contributed by atoms with Gasteiger partial charge in [0, 0.05) is 4.88 Å². The fourth-order valence-electron chi connectivity index (χ4n) is 3.56. The van der Waals surface area contributed by atoms with E-state index in [4.69, 9.17) is 4.98 Å². The lowest BCUT2D eigenvalue weighted by molar-refractivity contribution is -0.122. The Morgan fingerprint density at radius 1 is 1.20 bits per heavy atom. The molecule has 1 amide bonds. The zero-order valence-electron chi connectivity index (χ0n) is 18.4. The Bertz CT molecular complexity index is 1080. The largest absolute Gasteiger partial charge is 0.348 e. The first kappa shape index (κ1) is 22.2. The monoisotopic (exact) mass is 426 g/mol. The molecule has 30 heavy (non-hydrogen) atoms. The molecule has 0 fully saturated rings. The number of fused-ring (bicyclic) bond motifs is 1. The number of carbonyl (C=O) groups is 1. The summed E-state index contributed by atoms with van der Waals surface area (Å²) in [7, 11) is 0. The average Bonchev–Trinajstić information content (AvgIpc) is 3.02. The van der Waals surface area contributed by atoms with Crippen molar-refractivity contribution in [2.24, 2.45) is 0 Å². The van der Waals surface area contributed by atoms with Gasteiger partial charge < -0.3 is 5.32 Å². The highest BCUT2D eigenvalue weighted by Gasteiger charge is 2.20. The van der Waals surface area contributed by atoms with Crippen LogP contribution in [0.2, 0.25) is 0 Å². The summed E-state index contributed by atoms with van der Waals surface area (Å²) in [5.41, 5.74) is 1.85. The van der Waals surface area contributed by atoms with Crippen molar-refractivity contribution in [3.63, 3.8) is 0 Å². The van der Waals surface area contributed by atoms with E-state index in [0.717, 1.165) is 33.9 Å². The zero-order valence-corrected chi connectivity index (χ0v) is 19.2. The van der Waals surface area contributed by atoms with E-state index < -0.39 is 0 Å². The van der Waals surface area contributed by atoms with E-state index in [1.807, 2.05) is 51.1 Å². The van der Waals surface area contributed by atoms with Crippen LogP contribution in [0.5, 0.6) is 0 Å². The summed E-state index contributed by atoms with van der Waals surface area (Å²) in [5.74, 6) is 0.444. The van der Waals surface area contributed by atoms with Crippen molar-refractivity contribution in [3.05, 3.63) is 62.5 Å². The topological polar surface area (TPSA) is 67.2 Å². The molecule has 6 nitrogen and oxygen atoms in total. The summed E-state index contributed by atoms with van der Waals surface area (Å²) in [6.45, 7) is 12.3. The van der Waals surface area contributed by atoms with E-state index in [9.17, 15) is 9.59 Å². The van der Waals surface area contributed by atoms with Crippen LogP contribution in [0.15, 0.2) is 35.1 Å². The van der Waals surface area contributed by atoms with Crippen LogP contribution in [0.1, 0.15) is 48.6 Å². The number of carbonyl (C=O) groups excluding carboxylic acids is 1. The third kappa shape index (κ3) is 4.63. The van der Waals surface area contributed by atoms with Gasteiger partial charge in [-0.15, -0.1) is 11.3 Å². The number of rotatable bonds is 8. The molecule has 2 aromatic heterocycles. The summed E-state index contributed by atoms with van der Waals surface area (Å²) < 4.78 is 1.55. The van der Waals surface area contributed by atoms with Crippen LogP contribution in [0, 0.1) is 13.8 Å². The van der Waals surface area contributed by atoms with Gasteiger partial charge in [-0.05, 0) is 45.0 Å². The fraction of sp³-hybridized carbons (Fsp3) is 0.435. The molecule has 0 saturated carbocycles. The van der Waals surface area contributed by atoms with Crippen LogP contribution in [-0.2, 0) is 17.9 Å². The van der Waals surface area contributed by atoms with Crippen LogP contribution in [-0.4, -0.2) is 33.4 Å². The van der Waals surface area contributed by atoms with Crippen LogP contribution >= 0.6 is 11.3 Å². The van der Waals surface area contributed by atoms with Crippen molar-refractivity contribution in [1.29, 1.82) is 0 Å². The Morgan fingerprint density at radius 2 is 1.87 bits per heavy atom.